The van der Waals surface area contributed by atoms with Gasteiger partial charge in [-0.25, -0.2) is 4.39 Å². The number of benzene rings is 2. The second-order valence-electron chi connectivity index (χ2n) is 12.1. The van der Waals surface area contributed by atoms with Crippen molar-refractivity contribution >= 4 is 23.2 Å². The van der Waals surface area contributed by atoms with Crippen LogP contribution >= 0.6 is 11.6 Å². The number of allylic oxidation sites excluding steroid dienone is 4. The zero-order valence-electron chi connectivity index (χ0n) is 22.9. The van der Waals surface area contributed by atoms with Crippen molar-refractivity contribution in [3.8, 4) is 5.75 Å². The molecule has 0 aromatic heterocycles. The molecule has 1 N–H and O–H groups in total. The van der Waals surface area contributed by atoms with Gasteiger partial charge in [-0.15, -0.1) is 0 Å². The lowest BCUT2D eigenvalue weighted by Gasteiger charge is -2.53. The molecular weight excluding hydrogens is 497 g/mol. The maximum atomic E-state index is 13.8. The maximum Gasteiger partial charge on any atom is 0.230 e. The number of anilines is 1. The van der Waals surface area contributed by atoms with Gasteiger partial charge in [-0.2, -0.15) is 0 Å². The minimum absolute atomic E-state index is 0.0787. The van der Waals surface area contributed by atoms with Gasteiger partial charge in [0.25, 0.3) is 0 Å². The molecule has 0 spiro atoms. The smallest absolute Gasteiger partial charge is 0.230 e. The van der Waals surface area contributed by atoms with Crippen molar-refractivity contribution in [2.75, 3.05) is 5.32 Å². The Bertz CT molecular complexity index is 1270. The number of hydrogen-bond donors (Lipinski definition) is 1. The Kier molecular flexibility index (Phi) is 7.73. The molecule has 0 aliphatic heterocycles. The van der Waals surface area contributed by atoms with Gasteiger partial charge in [-0.1, -0.05) is 69.2 Å². The van der Waals surface area contributed by atoms with Crippen molar-refractivity contribution in [2.24, 2.45) is 35.0 Å². The van der Waals surface area contributed by atoms with E-state index in [2.05, 4.69) is 45.2 Å². The van der Waals surface area contributed by atoms with Gasteiger partial charge in [-0.3, -0.25) is 4.79 Å². The predicted octanol–water partition coefficient (Wildman–Crippen LogP) is 8.99. The van der Waals surface area contributed by atoms with Crippen LogP contribution in [0.1, 0.15) is 65.4 Å². The fourth-order valence-corrected chi connectivity index (χ4v) is 7.32. The summed E-state index contributed by atoms with van der Waals surface area (Å²) in [6, 6.07) is 11.6. The average molecular weight is 536 g/mol. The van der Waals surface area contributed by atoms with Gasteiger partial charge < -0.3 is 10.1 Å². The Labute approximate surface area is 231 Å². The largest absolute Gasteiger partial charge is 0.487 e. The first-order chi connectivity index (χ1) is 18.2. The first-order valence-corrected chi connectivity index (χ1v) is 14.4. The zero-order chi connectivity index (χ0) is 27.0. The third kappa shape index (κ3) is 5.30. The topological polar surface area (TPSA) is 38.3 Å². The fourth-order valence-electron chi connectivity index (χ4n) is 7.09. The van der Waals surface area contributed by atoms with Crippen molar-refractivity contribution in [3.05, 3.63) is 82.2 Å². The van der Waals surface area contributed by atoms with E-state index in [4.69, 9.17) is 16.3 Å². The molecule has 5 rings (SSSR count). The molecule has 2 aromatic carbocycles. The second kappa shape index (κ2) is 10.9. The van der Waals surface area contributed by atoms with Crippen LogP contribution in [0.4, 0.5) is 10.1 Å². The Morgan fingerprint density at radius 2 is 2.03 bits per heavy atom. The van der Waals surface area contributed by atoms with Gasteiger partial charge in [0.2, 0.25) is 5.91 Å². The van der Waals surface area contributed by atoms with Crippen molar-refractivity contribution < 1.29 is 13.9 Å². The standard InChI is InChI=1S/C33H39ClFNO2/c1-20(2)23-8-11-27-24(17-23)9-12-28-31(27)21(3)14-15-33(28,4)32(37)36-26-10-13-30(29(34)18-26)38-19-22-6-5-7-25(35)16-22/h5-7,9-10,13,16-18,20-21,27-28,31H,8,11-12,14-15,19H2,1-4H3,(H,36,37)/t21-,27-,28+,31+,33+/m0/s1. The van der Waals surface area contributed by atoms with Gasteiger partial charge in [0.15, 0.2) is 0 Å². The summed E-state index contributed by atoms with van der Waals surface area (Å²) < 4.78 is 19.3. The lowest BCUT2D eigenvalue weighted by atomic mass is 9.51. The molecule has 3 aliphatic rings. The van der Waals surface area contributed by atoms with Crippen LogP contribution in [0, 0.1) is 40.8 Å². The fraction of sp³-hybridized carbons (Fsp3) is 0.485. The number of halogens is 2. The second-order valence-corrected chi connectivity index (χ2v) is 12.5. The molecule has 0 bridgehead atoms. The maximum absolute atomic E-state index is 13.8. The highest BCUT2D eigenvalue weighted by Gasteiger charge is 2.53. The monoisotopic (exact) mass is 535 g/mol. The highest BCUT2D eigenvalue weighted by Crippen LogP contribution is 2.57. The molecular formula is C33H39ClFNO2. The molecule has 2 aromatic rings. The highest BCUT2D eigenvalue weighted by molar-refractivity contribution is 6.32. The van der Waals surface area contributed by atoms with E-state index in [9.17, 15) is 9.18 Å². The molecule has 5 atom stereocenters. The number of hydrogen-bond acceptors (Lipinski definition) is 2. The first kappa shape index (κ1) is 27.0. The summed E-state index contributed by atoms with van der Waals surface area (Å²) in [5.41, 5.74) is 4.04. The van der Waals surface area contributed by atoms with Crippen molar-refractivity contribution in [3.63, 3.8) is 0 Å². The van der Waals surface area contributed by atoms with Crippen molar-refractivity contribution in [1.82, 2.24) is 0 Å². The molecule has 1 saturated carbocycles. The molecule has 38 heavy (non-hydrogen) atoms. The summed E-state index contributed by atoms with van der Waals surface area (Å²) in [7, 11) is 0. The van der Waals surface area contributed by atoms with Gasteiger partial charge in [0, 0.05) is 5.69 Å². The van der Waals surface area contributed by atoms with E-state index in [1.165, 1.54) is 30.5 Å². The summed E-state index contributed by atoms with van der Waals surface area (Å²) in [5.74, 6) is 2.92. The van der Waals surface area contributed by atoms with E-state index in [-0.39, 0.29) is 18.3 Å². The third-order valence-corrected chi connectivity index (χ3v) is 9.68. The molecule has 1 fully saturated rings. The minimum Gasteiger partial charge on any atom is -0.487 e. The summed E-state index contributed by atoms with van der Waals surface area (Å²) >= 11 is 6.51. The number of fused-ring (bicyclic) bond motifs is 3. The summed E-state index contributed by atoms with van der Waals surface area (Å²) in [6.07, 6.45) is 10.2. The number of nitrogens with one attached hydrogen (secondary N) is 1. The Balaban J connectivity index is 1.30. The zero-order valence-corrected chi connectivity index (χ0v) is 23.7. The van der Waals surface area contributed by atoms with E-state index < -0.39 is 5.41 Å². The lowest BCUT2D eigenvalue weighted by molar-refractivity contribution is -0.134. The number of carbonyl (C=O) groups is 1. The number of amides is 1. The predicted molar refractivity (Wildman–Crippen MR) is 153 cm³/mol. The van der Waals surface area contributed by atoms with E-state index in [1.54, 1.807) is 29.8 Å². The van der Waals surface area contributed by atoms with Gasteiger partial charge in [-0.05, 0) is 103 Å². The Morgan fingerprint density at radius 3 is 2.76 bits per heavy atom. The quantitative estimate of drug-likeness (QED) is 0.400. The number of ether oxygens (including phenoxy) is 1. The molecule has 5 heteroatoms. The Hall–Kier alpha value is -2.59. The third-order valence-electron chi connectivity index (χ3n) is 9.39. The molecule has 0 unspecified atom stereocenters. The molecule has 3 aliphatic carbocycles. The van der Waals surface area contributed by atoms with E-state index >= 15 is 0 Å². The molecule has 0 radical (unpaired) electrons. The van der Waals surface area contributed by atoms with Crippen LogP contribution in [-0.4, -0.2) is 5.91 Å². The molecule has 1 amide bonds. The number of rotatable bonds is 6. The van der Waals surface area contributed by atoms with Gasteiger partial charge in [0.1, 0.15) is 18.2 Å². The van der Waals surface area contributed by atoms with Crippen molar-refractivity contribution in [2.45, 2.75) is 66.4 Å². The van der Waals surface area contributed by atoms with E-state index in [0.717, 1.165) is 24.8 Å². The van der Waals surface area contributed by atoms with Crippen LogP contribution < -0.4 is 10.1 Å². The SMILES string of the molecule is CC(C)C1=CC2=CC[C@@H]3[C@H]([C@@H](C)CC[C@@]3(C)C(=O)Nc3ccc(OCc4cccc(F)c4)c(Cl)c3)[C@H]2CC1. The first-order valence-electron chi connectivity index (χ1n) is 14.0. The molecule has 0 heterocycles. The lowest BCUT2D eigenvalue weighted by Crippen LogP contribution is -2.51. The van der Waals surface area contributed by atoms with Crippen molar-refractivity contribution in [1.29, 1.82) is 0 Å². The van der Waals surface area contributed by atoms with Crippen LogP contribution in [-0.2, 0) is 11.4 Å². The normalized spacial score (nSPS) is 28.6. The minimum atomic E-state index is -0.430. The molecule has 3 nitrogen and oxygen atoms in total. The molecule has 0 saturated heterocycles. The Morgan fingerprint density at radius 1 is 1.21 bits per heavy atom. The van der Waals surface area contributed by atoms with Crippen LogP contribution in [0.25, 0.3) is 0 Å². The summed E-state index contributed by atoms with van der Waals surface area (Å²) in [4.78, 5) is 13.8. The number of carbonyl (C=O) groups excluding carboxylic acids is 1. The average Bonchev–Trinajstić information content (AvgIpc) is 2.89. The van der Waals surface area contributed by atoms with Crippen LogP contribution in [0.5, 0.6) is 5.75 Å². The van der Waals surface area contributed by atoms with Crippen LogP contribution in [0.2, 0.25) is 5.02 Å². The van der Waals surface area contributed by atoms with Gasteiger partial charge in [0.05, 0.1) is 10.4 Å². The molecule has 202 valence electrons. The van der Waals surface area contributed by atoms with Gasteiger partial charge >= 0.3 is 0 Å². The van der Waals surface area contributed by atoms with Crippen LogP contribution in [0.3, 0.4) is 0 Å². The van der Waals surface area contributed by atoms with E-state index in [1.807, 2.05) is 6.07 Å². The highest BCUT2D eigenvalue weighted by atomic mass is 35.5. The summed E-state index contributed by atoms with van der Waals surface area (Å²) in [5, 5.41) is 3.60. The summed E-state index contributed by atoms with van der Waals surface area (Å²) in [6.45, 7) is 9.35. The van der Waals surface area contributed by atoms with E-state index in [0.29, 0.717) is 46.0 Å². The van der Waals surface area contributed by atoms with Crippen LogP contribution in [0.15, 0.2) is 65.8 Å².